The maximum absolute atomic E-state index is 12.6. The summed E-state index contributed by atoms with van der Waals surface area (Å²) < 4.78 is 49.4. The maximum atomic E-state index is 12.6. The molecule has 0 aliphatic carbocycles. The number of imidazole rings is 1. The van der Waals surface area contributed by atoms with Crippen LogP contribution in [0.25, 0.3) is 16.3 Å². The fourth-order valence-corrected chi connectivity index (χ4v) is 3.49. The highest BCUT2D eigenvalue weighted by Gasteiger charge is 2.20. The Hall–Kier alpha value is -1.36. The first-order chi connectivity index (χ1) is 10.3. The molecule has 0 aliphatic rings. The van der Waals surface area contributed by atoms with Gasteiger partial charge in [-0.3, -0.25) is 4.40 Å². The number of rotatable bonds is 3. The average Bonchev–Trinajstić information content (AvgIpc) is 3.03. The summed E-state index contributed by atoms with van der Waals surface area (Å²) in [5.74, 6) is 0.142. The summed E-state index contributed by atoms with van der Waals surface area (Å²) in [5.41, 5.74) is 0.384. The molecule has 0 saturated carbocycles. The van der Waals surface area contributed by atoms with Crippen molar-refractivity contribution in [3.8, 4) is 10.8 Å². The SMILES string of the molecule is O=S(=O)(Cl)c1cc(Cl)c2cnc(-c3nnc(C(F)F)s3)n2c1. The van der Waals surface area contributed by atoms with E-state index in [1.54, 1.807) is 0 Å². The first-order valence-electron chi connectivity index (χ1n) is 5.50. The third kappa shape index (κ3) is 2.67. The molecule has 0 unspecified atom stereocenters. The second-order valence-corrected chi connectivity index (χ2v) is 8.03. The molecule has 0 aliphatic heterocycles. The van der Waals surface area contributed by atoms with Crippen molar-refractivity contribution in [3.05, 3.63) is 28.5 Å². The summed E-state index contributed by atoms with van der Waals surface area (Å²) in [6.45, 7) is 0. The van der Waals surface area contributed by atoms with Crippen molar-refractivity contribution in [2.24, 2.45) is 0 Å². The van der Waals surface area contributed by atoms with Crippen molar-refractivity contribution in [2.75, 3.05) is 0 Å². The molecule has 3 rings (SSSR count). The van der Waals surface area contributed by atoms with E-state index in [1.165, 1.54) is 22.9 Å². The van der Waals surface area contributed by atoms with Gasteiger partial charge in [0.1, 0.15) is 4.90 Å². The normalized spacial score (nSPS) is 12.4. The standard InChI is InChI=1S/C10H4Cl2F2N4O2S2/c11-5-1-4(22(12,19)20)3-18-6(5)2-15-8(18)10-17-16-9(21-10)7(13)14/h1-3,7H. The largest absolute Gasteiger partial charge is 0.295 e. The third-order valence-corrected chi connectivity index (χ3v) is 5.22. The number of hydrogen-bond donors (Lipinski definition) is 0. The molecule has 0 bridgehead atoms. The molecule has 6 nitrogen and oxygen atoms in total. The molecule has 3 aromatic rings. The summed E-state index contributed by atoms with van der Waals surface area (Å²) >= 11 is 6.64. The fraction of sp³-hybridized carbons (Fsp3) is 0.100. The van der Waals surface area contributed by atoms with Crippen LogP contribution < -0.4 is 0 Å². The van der Waals surface area contributed by atoms with Gasteiger partial charge in [0.25, 0.3) is 15.5 Å². The van der Waals surface area contributed by atoms with Crippen molar-refractivity contribution in [2.45, 2.75) is 11.3 Å². The van der Waals surface area contributed by atoms with E-state index >= 15 is 0 Å². The monoisotopic (exact) mass is 384 g/mol. The first kappa shape index (κ1) is 15.5. The topological polar surface area (TPSA) is 77.2 Å². The lowest BCUT2D eigenvalue weighted by atomic mass is 10.4. The average molecular weight is 385 g/mol. The van der Waals surface area contributed by atoms with Crippen LogP contribution in [-0.4, -0.2) is 28.0 Å². The van der Waals surface area contributed by atoms with E-state index in [9.17, 15) is 17.2 Å². The van der Waals surface area contributed by atoms with E-state index in [1.807, 2.05) is 0 Å². The molecule has 22 heavy (non-hydrogen) atoms. The molecule has 0 aromatic carbocycles. The van der Waals surface area contributed by atoms with Gasteiger partial charge in [-0.15, -0.1) is 10.2 Å². The van der Waals surface area contributed by atoms with Gasteiger partial charge in [-0.1, -0.05) is 22.9 Å². The molecule has 0 N–H and O–H groups in total. The second kappa shape index (κ2) is 5.37. The van der Waals surface area contributed by atoms with Gasteiger partial charge < -0.3 is 0 Å². The van der Waals surface area contributed by atoms with E-state index in [0.29, 0.717) is 16.9 Å². The van der Waals surface area contributed by atoms with Crippen molar-refractivity contribution < 1.29 is 17.2 Å². The Kier molecular flexibility index (Phi) is 3.79. The van der Waals surface area contributed by atoms with Gasteiger partial charge in [0, 0.05) is 16.9 Å². The Morgan fingerprint density at radius 3 is 2.64 bits per heavy atom. The van der Waals surface area contributed by atoms with Crippen LogP contribution in [0.4, 0.5) is 8.78 Å². The van der Waals surface area contributed by atoms with E-state index in [0.717, 1.165) is 0 Å². The van der Waals surface area contributed by atoms with Gasteiger partial charge in [0.15, 0.2) is 15.8 Å². The molecule has 12 heteroatoms. The Balaban J connectivity index is 2.24. The predicted octanol–water partition coefficient (Wildman–Crippen LogP) is 3.37. The fourth-order valence-electron chi connectivity index (χ4n) is 1.74. The number of hydrogen-bond acceptors (Lipinski definition) is 6. The number of aromatic nitrogens is 4. The number of halogens is 4. The Morgan fingerprint density at radius 1 is 1.32 bits per heavy atom. The molecule has 0 radical (unpaired) electrons. The first-order valence-corrected chi connectivity index (χ1v) is 9.01. The minimum atomic E-state index is -4.02. The lowest BCUT2D eigenvalue weighted by Crippen LogP contribution is -1.96. The summed E-state index contributed by atoms with van der Waals surface area (Å²) in [6.07, 6.45) is -0.194. The summed E-state index contributed by atoms with van der Waals surface area (Å²) in [4.78, 5) is 3.78. The van der Waals surface area contributed by atoms with Gasteiger partial charge in [0.05, 0.1) is 16.7 Å². The van der Waals surface area contributed by atoms with Gasteiger partial charge >= 0.3 is 0 Å². The van der Waals surface area contributed by atoms with Crippen molar-refractivity contribution in [3.63, 3.8) is 0 Å². The van der Waals surface area contributed by atoms with Crippen molar-refractivity contribution >= 4 is 48.2 Å². The molecule has 0 amide bonds. The summed E-state index contributed by atoms with van der Waals surface area (Å²) in [6, 6.07) is 1.18. The minimum absolute atomic E-state index is 0.0964. The Labute approximate surface area is 135 Å². The smallest absolute Gasteiger partial charge is 0.291 e. The number of nitrogens with zero attached hydrogens (tertiary/aromatic N) is 4. The molecule has 0 atom stereocenters. The lowest BCUT2D eigenvalue weighted by Gasteiger charge is -2.03. The zero-order valence-corrected chi connectivity index (χ0v) is 13.4. The zero-order valence-electron chi connectivity index (χ0n) is 10.2. The van der Waals surface area contributed by atoms with Gasteiger partial charge in [-0.05, 0) is 6.07 Å². The second-order valence-electron chi connectivity index (χ2n) is 4.04. The van der Waals surface area contributed by atoms with Crippen LogP contribution >= 0.6 is 33.6 Å². The molecule has 116 valence electrons. The van der Waals surface area contributed by atoms with Crippen molar-refractivity contribution in [1.29, 1.82) is 0 Å². The molecule has 0 fully saturated rings. The maximum Gasteiger partial charge on any atom is 0.291 e. The molecule has 0 spiro atoms. The molecule has 3 aromatic heterocycles. The third-order valence-electron chi connectivity index (χ3n) is 2.67. The van der Waals surface area contributed by atoms with Crippen LogP contribution in [0.3, 0.4) is 0 Å². The predicted molar refractivity (Wildman–Crippen MR) is 77.1 cm³/mol. The van der Waals surface area contributed by atoms with E-state index in [2.05, 4.69) is 15.2 Å². The van der Waals surface area contributed by atoms with Crippen LogP contribution in [0.1, 0.15) is 11.4 Å². The molecular weight excluding hydrogens is 381 g/mol. The quantitative estimate of drug-likeness (QED) is 0.646. The highest BCUT2D eigenvalue weighted by atomic mass is 35.7. The highest BCUT2D eigenvalue weighted by Crippen LogP contribution is 2.31. The van der Waals surface area contributed by atoms with E-state index in [4.69, 9.17) is 22.3 Å². The molecular formula is C10H4Cl2F2N4O2S2. The number of pyridine rings is 1. The van der Waals surface area contributed by atoms with E-state index < -0.39 is 20.5 Å². The van der Waals surface area contributed by atoms with Gasteiger partial charge in [-0.25, -0.2) is 22.2 Å². The van der Waals surface area contributed by atoms with Crippen molar-refractivity contribution in [1.82, 2.24) is 19.6 Å². The van der Waals surface area contributed by atoms with Gasteiger partial charge in [0.2, 0.25) is 0 Å². The Bertz CT molecular complexity index is 971. The number of alkyl halides is 2. The number of fused-ring (bicyclic) bond motifs is 1. The van der Waals surface area contributed by atoms with Crippen LogP contribution in [0.5, 0.6) is 0 Å². The minimum Gasteiger partial charge on any atom is -0.295 e. The lowest BCUT2D eigenvalue weighted by molar-refractivity contribution is 0.150. The van der Waals surface area contributed by atoms with Crippen LogP contribution in [0, 0.1) is 0 Å². The van der Waals surface area contributed by atoms with Crippen LogP contribution in [-0.2, 0) is 9.05 Å². The molecule has 3 heterocycles. The van der Waals surface area contributed by atoms with Gasteiger partial charge in [-0.2, -0.15) is 0 Å². The summed E-state index contributed by atoms with van der Waals surface area (Å²) in [7, 11) is 1.28. The highest BCUT2D eigenvalue weighted by molar-refractivity contribution is 8.13. The Morgan fingerprint density at radius 2 is 2.05 bits per heavy atom. The molecule has 0 saturated heterocycles. The van der Waals surface area contributed by atoms with Crippen LogP contribution in [0.2, 0.25) is 5.02 Å². The van der Waals surface area contributed by atoms with E-state index in [-0.39, 0.29) is 20.8 Å². The zero-order chi connectivity index (χ0) is 16.1. The summed E-state index contributed by atoms with van der Waals surface area (Å²) in [5, 5.41) is 6.74. The van der Waals surface area contributed by atoms with Crippen LogP contribution in [0.15, 0.2) is 23.4 Å².